The monoisotopic (exact) mass is 453 g/mol. The molecule has 0 aromatic heterocycles. The third kappa shape index (κ3) is 29.3. The summed E-state index contributed by atoms with van der Waals surface area (Å²) >= 11 is 0. The van der Waals surface area contributed by atoms with Crippen molar-refractivity contribution < 1.29 is 42.7 Å². The second-order valence-corrected chi connectivity index (χ2v) is 6.45. The first-order valence-corrected chi connectivity index (χ1v) is 11.0. The molecule has 0 fully saturated rings. The van der Waals surface area contributed by atoms with Crippen LogP contribution in [-0.4, -0.2) is 125 Å². The van der Waals surface area contributed by atoms with Crippen molar-refractivity contribution in [2.24, 2.45) is 0 Å². The fourth-order valence-electron chi connectivity index (χ4n) is 2.03. The Morgan fingerprint density at radius 2 is 0.742 bits per heavy atom. The zero-order valence-corrected chi connectivity index (χ0v) is 19.4. The second kappa shape index (κ2) is 27.3. The van der Waals surface area contributed by atoms with Crippen molar-refractivity contribution in [1.82, 2.24) is 5.32 Å². The van der Waals surface area contributed by atoms with Crippen molar-refractivity contribution in [2.75, 3.05) is 119 Å². The molecule has 0 radical (unpaired) electrons. The average molecular weight is 454 g/mol. The SMILES string of the molecule is CNCCOCCOCCOCCOCCOCCOCCOCCOCCC(C)=O. The van der Waals surface area contributed by atoms with E-state index in [1.54, 1.807) is 6.92 Å². The van der Waals surface area contributed by atoms with Crippen LogP contribution in [0.1, 0.15) is 13.3 Å². The van der Waals surface area contributed by atoms with Crippen molar-refractivity contribution >= 4 is 5.78 Å². The van der Waals surface area contributed by atoms with Gasteiger partial charge in [-0.25, -0.2) is 0 Å². The van der Waals surface area contributed by atoms with E-state index >= 15 is 0 Å². The molecule has 31 heavy (non-hydrogen) atoms. The largest absolute Gasteiger partial charge is 0.379 e. The molecule has 0 bridgehead atoms. The van der Waals surface area contributed by atoms with Crippen molar-refractivity contribution in [1.29, 1.82) is 0 Å². The lowest BCUT2D eigenvalue weighted by molar-refractivity contribution is -0.118. The fraction of sp³-hybridized carbons (Fsp3) is 0.952. The van der Waals surface area contributed by atoms with Gasteiger partial charge in [0, 0.05) is 13.0 Å². The van der Waals surface area contributed by atoms with Gasteiger partial charge < -0.3 is 43.2 Å². The van der Waals surface area contributed by atoms with Crippen LogP contribution in [-0.2, 0) is 42.7 Å². The highest BCUT2D eigenvalue weighted by Crippen LogP contribution is 1.87. The molecule has 0 unspecified atom stereocenters. The summed E-state index contributed by atoms with van der Waals surface area (Å²) in [4.78, 5) is 10.7. The van der Waals surface area contributed by atoms with Crippen LogP contribution in [0.2, 0.25) is 0 Å². The minimum atomic E-state index is 0.132. The topological polar surface area (TPSA) is 103 Å². The minimum Gasteiger partial charge on any atom is -0.379 e. The Labute approximate surface area is 187 Å². The van der Waals surface area contributed by atoms with E-state index in [9.17, 15) is 4.79 Å². The Morgan fingerprint density at radius 1 is 0.484 bits per heavy atom. The quantitative estimate of drug-likeness (QED) is 0.175. The molecule has 0 atom stereocenters. The van der Waals surface area contributed by atoms with Crippen LogP contribution in [0.15, 0.2) is 0 Å². The molecule has 0 aromatic rings. The first-order valence-electron chi connectivity index (χ1n) is 11.0. The highest BCUT2D eigenvalue weighted by Gasteiger charge is 1.96. The summed E-state index contributed by atoms with van der Waals surface area (Å²) in [6.07, 6.45) is 0.450. The van der Waals surface area contributed by atoms with Crippen LogP contribution in [0.4, 0.5) is 0 Å². The summed E-state index contributed by atoms with van der Waals surface area (Å²) < 4.78 is 43.0. The molecule has 186 valence electrons. The second-order valence-electron chi connectivity index (χ2n) is 6.45. The number of nitrogens with one attached hydrogen (secondary N) is 1. The molecule has 10 nitrogen and oxygen atoms in total. The van der Waals surface area contributed by atoms with Crippen molar-refractivity contribution in [3.05, 3.63) is 0 Å². The van der Waals surface area contributed by atoms with Gasteiger partial charge in [-0.15, -0.1) is 0 Å². The van der Waals surface area contributed by atoms with Crippen LogP contribution in [0.5, 0.6) is 0 Å². The number of ketones is 1. The number of hydrogen-bond donors (Lipinski definition) is 1. The number of hydrogen-bond acceptors (Lipinski definition) is 10. The van der Waals surface area contributed by atoms with Gasteiger partial charge in [-0.3, -0.25) is 4.79 Å². The van der Waals surface area contributed by atoms with Gasteiger partial charge in [0.25, 0.3) is 0 Å². The summed E-state index contributed by atoms with van der Waals surface area (Å²) in [6, 6.07) is 0. The molecule has 0 heterocycles. The van der Waals surface area contributed by atoms with E-state index in [1.165, 1.54) is 0 Å². The lowest BCUT2D eigenvalue weighted by atomic mass is 10.3. The Kier molecular flexibility index (Phi) is 26.7. The van der Waals surface area contributed by atoms with Crippen molar-refractivity contribution in [3.8, 4) is 0 Å². The summed E-state index contributed by atoms with van der Waals surface area (Å²) in [7, 11) is 1.89. The zero-order valence-electron chi connectivity index (χ0n) is 19.4. The van der Waals surface area contributed by atoms with Crippen LogP contribution >= 0.6 is 0 Å². The van der Waals surface area contributed by atoms with Gasteiger partial charge >= 0.3 is 0 Å². The molecule has 10 heteroatoms. The van der Waals surface area contributed by atoms with Gasteiger partial charge in [-0.05, 0) is 14.0 Å². The standard InChI is InChI=1S/C21H43NO9/c1-21(23)3-5-24-7-9-26-11-13-28-15-17-30-19-20-31-18-16-29-14-12-27-10-8-25-6-4-22-2/h22H,3-20H2,1-2H3. The van der Waals surface area contributed by atoms with Crippen LogP contribution in [0.3, 0.4) is 0 Å². The number of Topliss-reactive ketones (excluding diaryl/α,β-unsaturated/α-hetero) is 1. The Balaban J connectivity index is 3.00. The van der Waals surface area contributed by atoms with E-state index in [-0.39, 0.29) is 5.78 Å². The number of likely N-dealkylation sites (N-methyl/N-ethyl adjacent to an activating group) is 1. The maximum absolute atomic E-state index is 10.7. The Hall–Kier alpha value is -0.690. The van der Waals surface area contributed by atoms with Crippen LogP contribution in [0.25, 0.3) is 0 Å². The molecular formula is C21H43NO9. The summed E-state index contributed by atoms with van der Waals surface area (Å²) in [5.74, 6) is 0.132. The summed E-state index contributed by atoms with van der Waals surface area (Å²) in [5.41, 5.74) is 0. The molecule has 0 saturated heterocycles. The normalized spacial score (nSPS) is 11.3. The van der Waals surface area contributed by atoms with Gasteiger partial charge in [0.1, 0.15) is 5.78 Å². The smallest absolute Gasteiger partial charge is 0.132 e. The minimum absolute atomic E-state index is 0.132. The molecule has 0 saturated carbocycles. The predicted molar refractivity (Wildman–Crippen MR) is 116 cm³/mol. The van der Waals surface area contributed by atoms with Gasteiger partial charge in [0.15, 0.2) is 0 Å². The molecule has 0 spiro atoms. The molecule has 0 aliphatic rings. The lowest BCUT2D eigenvalue weighted by Gasteiger charge is -2.08. The predicted octanol–water partition coefficient (Wildman–Crippen LogP) is 0.318. The third-order valence-corrected chi connectivity index (χ3v) is 3.70. The van der Waals surface area contributed by atoms with Crippen molar-refractivity contribution in [3.63, 3.8) is 0 Å². The average Bonchev–Trinajstić information content (AvgIpc) is 2.76. The molecule has 0 aromatic carbocycles. The fourth-order valence-corrected chi connectivity index (χ4v) is 2.03. The summed E-state index contributed by atoms with van der Waals surface area (Å²) in [5, 5.41) is 3.01. The molecule has 0 aliphatic carbocycles. The lowest BCUT2D eigenvalue weighted by Crippen LogP contribution is -2.17. The molecule has 1 N–H and O–H groups in total. The summed E-state index contributed by atoms with van der Waals surface area (Å²) in [6.45, 7) is 11.0. The maximum atomic E-state index is 10.7. The van der Waals surface area contributed by atoms with E-state index in [4.69, 9.17) is 37.9 Å². The third-order valence-electron chi connectivity index (χ3n) is 3.70. The van der Waals surface area contributed by atoms with Crippen molar-refractivity contribution in [2.45, 2.75) is 13.3 Å². The van der Waals surface area contributed by atoms with Gasteiger partial charge in [0.05, 0.1) is 106 Å². The Bertz CT molecular complexity index is 362. The van der Waals surface area contributed by atoms with E-state index < -0.39 is 0 Å². The zero-order chi connectivity index (χ0) is 22.7. The van der Waals surface area contributed by atoms with E-state index in [0.717, 1.165) is 6.54 Å². The first-order chi connectivity index (χ1) is 15.3. The van der Waals surface area contributed by atoms with Gasteiger partial charge in [-0.2, -0.15) is 0 Å². The molecule has 0 amide bonds. The van der Waals surface area contributed by atoms with Crippen LogP contribution in [0, 0.1) is 0 Å². The molecular weight excluding hydrogens is 410 g/mol. The van der Waals surface area contributed by atoms with E-state index in [0.29, 0.717) is 112 Å². The van der Waals surface area contributed by atoms with Gasteiger partial charge in [-0.1, -0.05) is 0 Å². The van der Waals surface area contributed by atoms with E-state index in [2.05, 4.69) is 5.32 Å². The maximum Gasteiger partial charge on any atom is 0.132 e. The number of carbonyl (C=O) groups excluding carboxylic acids is 1. The Morgan fingerprint density at radius 3 is 1.00 bits per heavy atom. The van der Waals surface area contributed by atoms with E-state index in [1.807, 2.05) is 7.05 Å². The number of ether oxygens (including phenoxy) is 8. The highest BCUT2D eigenvalue weighted by molar-refractivity contribution is 5.75. The molecule has 0 rings (SSSR count). The van der Waals surface area contributed by atoms with Crippen LogP contribution < -0.4 is 5.32 Å². The highest BCUT2D eigenvalue weighted by atomic mass is 16.6. The van der Waals surface area contributed by atoms with Gasteiger partial charge in [0.2, 0.25) is 0 Å². The number of rotatable bonds is 27. The molecule has 0 aliphatic heterocycles. The first kappa shape index (κ1) is 30.3. The number of carbonyl (C=O) groups is 1.